The summed E-state index contributed by atoms with van der Waals surface area (Å²) >= 11 is 0. The van der Waals surface area contributed by atoms with Crippen LogP contribution in [-0.4, -0.2) is 48.3 Å². The van der Waals surface area contributed by atoms with Crippen molar-refractivity contribution in [2.45, 2.75) is 64.5 Å². The SMILES string of the molecule is CC(C)N1CCC(NCC2(CCO)CCC2)CC1. The van der Waals surface area contributed by atoms with Crippen molar-refractivity contribution in [3.05, 3.63) is 0 Å². The summed E-state index contributed by atoms with van der Waals surface area (Å²) in [5.41, 5.74) is 0.434. The zero-order valence-electron chi connectivity index (χ0n) is 12.1. The number of nitrogens with zero attached hydrogens (tertiary/aromatic N) is 1. The Morgan fingerprint density at radius 1 is 1.28 bits per heavy atom. The molecule has 0 radical (unpaired) electrons. The summed E-state index contributed by atoms with van der Waals surface area (Å²) < 4.78 is 0. The topological polar surface area (TPSA) is 35.5 Å². The molecule has 1 heterocycles. The quantitative estimate of drug-likeness (QED) is 0.761. The predicted molar refractivity (Wildman–Crippen MR) is 75.7 cm³/mol. The molecular weight excluding hydrogens is 224 g/mol. The molecule has 0 atom stereocenters. The molecule has 0 aromatic carbocycles. The van der Waals surface area contributed by atoms with Crippen molar-refractivity contribution in [3.63, 3.8) is 0 Å². The molecule has 3 nitrogen and oxygen atoms in total. The van der Waals surface area contributed by atoms with Gasteiger partial charge in [-0.3, -0.25) is 0 Å². The first-order valence-corrected chi connectivity index (χ1v) is 7.73. The summed E-state index contributed by atoms with van der Waals surface area (Å²) in [6, 6.07) is 1.40. The summed E-state index contributed by atoms with van der Waals surface area (Å²) in [7, 11) is 0. The van der Waals surface area contributed by atoms with Gasteiger partial charge in [-0.2, -0.15) is 0 Å². The molecule has 1 saturated heterocycles. The van der Waals surface area contributed by atoms with E-state index in [4.69, 9.17) is 5.11 Å². The fourth-order valence-electron chi connectivity index (χ4n) is 3.41. The van der Waals surface area contributed by atoms with Gasteiger partial charge in [-0.1, -0.05) is 6.42 Å². The molecule has 2 aliphatic rings. The summed E-state index contributed by atoms with van der Waals surface area (Å²) in [6.45, 7) is 8.54. The van der Waals surface area contributed by atoms with Crippen molar-refractivity contribution in [2.24, 2.45) is 5.41 Å². The maximum absolute atomic E-state index is 9.17. The molecule has 0 amide bonds. The highest BCUT2D eigenvalue weighted by molar-refractivity contribution is 4.91. The minimum absolute atomic E-state index is 0.355. The van der Waals surface area contributed by atoms with E-state index in [2.05, 4.69) is 24.1 Å². The lowest BCUT2D eigenvalue weighted by molar-refractivity contribution is 0.0755. The van der Waals surface area contributed by atoms with Crippen LogP contribution in [0.2, 0.25) is 0 Å². The molecule has 2 fully saturated rings. The van der Waals surface area contributed by atoms with Crippen LogP contribution in [0, 0.1) is 5.41 Å². The first kappa shape index (κ1) is 14.3. The molecule has 0 aromatic heterocycles. The summed E-state index contributed by atoms with van der Waals surface area (Å²) in [4.78, 5) is 2.57. The third-order valence-electron chi connectivity index (χ3n) is 5.08. The fourth-order valence-corrected chi connectivity index (χ4v) is 3.41. The molecule has 0 aromatic rings. The molecule has 0 bridgehead atoms. The van der Waals surface area contributed by atoms with Gasteiger partial charge in [0.1, 0.15) is 0 Å². The number of hydrogen-bond donors (Lipinski definition) is 2. The number of piperidine rings is 1. The van der Waals surface area contributed by atoms with E-state index >= 15 is 0 Å². The van der Waals surface area contributed by atoms with Gasteiger partial charge in [0.05, 0.1) is 0 Å². The van der Waals surface area contributed by atoms with Gasteiger partial charge in [-0.25, -0.2) is 0 Å². The highest BCUT2D eigenvalue weighted by atomic mass is 16.3. The van der Waals surface area contributed by atoms with Gasteiger partial charge in [-0.15, -0.1) is 0 Å². The van der Waals surface area contributed by atoms with Crippen molar-refractivity contribution >= 4 is 0 Å². The van der Waals surface area contributed by atoms with E-state index in [9.17, 15) is 0 Å². The van der Waals surface area contributed by atoms with Crippen molar-refractivity contribution in [1.82, 2.24) is 10.2 Å². The molecule has 1 saturated carbocycles. The van der Waals surface area contributed by atoms with Gasteiger partial charge >= 0.3 is 0 Å². The maximum atomic E-state index is 9.17. The smallest absolute Gasteiger partial charge is 0.0436 e. The average molecular weight is 254 g/mol. The van der Waals surface area contributed by atoms with Crippen molar-refractivity contribution < 1.29 is 5.11 Å². The Balaban J connectivity index is 1.68. The van der Waals surface area contributed by atoms with Crippen molar-refractivity contribution in [2.75, 3.05) is 26.2 Å². The normalized spacial score (nSPS) is 25.3. The van der Waals surface area contributed by atoms with Gasteiger partial charge in [0, 0.05) is 25.2 Å². The minimum Gasteiger partial charge on any atom is -0.396 e. The van der Waals surface area contributed by atoms with Gasteiger partial charge < -0.3 is 15.3 Å². The second kappa shape index (κ2) is 6.36. The summed E-state index contributed by atoms with van der Waals surface area (Å²) in [5.74, 6) is 0. The standard InChI is InChI=1S/C15H30N2O/c1-13(2)17-9-4-14(5-10-17)16-12-15(8-11-18)6-3-7-15/h13-14,16,18H,3-12H2,1-2H3. The Morgan fingerprint density at radius 3 is 2.39 bits per heavy atom. The second-order valence-corrected chi connectivity index (χ2v) is 6.61. The Morgan fingerprint density at radius 2 is 1.94 bits per heavy atom. The van der Waals surface area contributed by atoms with Gasteiger partial charge in [0.15, 0.2) is 0 Å². The van der Waals surface area contributed by atoms with E-state index in [1.807, 2.05) is 0 Å². The molecule has 18 heavy (non-hydrogen) atoms. The van der Waals surface area contributed by atoms with E-state index in [0.717, 1.165) is 13.0 Å². The molecule has 1 aliphatic carbocycles. The van der Waals surface area contributed by atoms with Crippen LogP contribution in [0.15, 0.2) is 0 Å². The van der Waals surface area contributed by atoms with Crippen LogP contribution in [-0.2, 0) is 0 Å². The predicted octanol–water partition coefficient (Wildman–Crippen LogP) is 2.00. The van der Waals surface area contributed by atoms with E-state index in [0.29, 0.717) is 24.1 Å². The average Bonchev–Trinajstić information content (AvgIpc) is 2.33. The van der Waals surface area contributed by atoms with Crippen LogP contribution < -0.4 is 5.32 Å². The summed E-state index contributed by atoms with van der Waals surface area (Å²) in [5, 5.41) is 12.9. The number of aliphatic hydroxyl groups is 1. The Labute approximate surface area is 112 Å². The number of nitrogens with one attached hydrogen (secondary N) is 1. The number of likely N-dealkylation sites (tertiary alicyclic amines) is 1. The van der Waals surface area contributed by atoms with E-state index in [-0.39, 0.29) is 0 Å². The lowest BCUT2D eigenvalue weighted by Crippen LogP contribution is -2.49. The highest BCUT2D eigenvalue weighted by Crippen LogP contribution is 2.43. The molecule has 0 unspecified atom stereocenters. The van der Waals surface area contributed by atoms with E-state index < -0.39 is 0 Å². The van der Waals surface area contributed by atoms with Crippen LogP contribution in [0.1, 0.15) is 52.4 Å². The van der Waals surface area contributed by atoms with Gasteiger partial charge in [0.2, 0.25) is 0 Å². The van der Waals surface area contributed by atoms with Crippen molar-refractivity contribution in [3.8, 4) is 0 Å². The molecule has 0 spiro atoms. The minimum atomic E-state index is 0.355. The first-order chi connectivity index (χ1) is 8.65. The second-order valence-electron chi connectivity index (χ2n) is 6.61. The molecular formula is C15H30N2O. The fraction of sp³-hybridized carbons (Fsp3) is 1.00. The zero-order chi connectivity index (χ0) is 13.0. The largest absolute Gasteiger partial charge is 0.396 e. The first-order valence-electron chi connectivity index (χ1n) is 7.73. The monoisotopic (exact) mass is 254 g/mol. The maximum Gasteiger partial charge on any atom is 0.0436 e. The highest BCUT2D eigenvalue weighted by Gasteiger charge is 2.36. The Hall–Kier alpha value is -0.120. The molecule has 106 valence electrons. The lowest BCUT2D eigenvalue weighted by Gasteiger charge is -2.44. The van der Waals surface area contributed by atoms with Crippen molar-refractivity contribution in [1.29, 1.82) is 0 Å². The molecule has 2 N–H and O–H groups in total. The Kier molecular flexibility index (Phi) is 5.05. The number of aliphatic hydroxyl groups excluding tert-OH is 1. The zero-order valence-corrected chi connectivity index (χ0v) is 12.1. The van der Waals surface area contributed by atoms with Crippen LogP contribution in [0.25, 0.3) is 0 Å². The molecule has 1 aliphatic heterocycles. The molecule has 2 rings (SSSR count). The third kappa shape index (κ3) is 3.46. The number of rotatable bonds is 6. The number of hydrogen-bond acceptors (Lipinski definition) is 3. The molecule has 3 heteroatoms. The van der Waals surface area contributed by atoms with Crippen LogP contribution in [0.5, 0.6) is 0 Å². The van der Waals surface area contributed by atoms with Crippen LogP contribution >= 0.6 is 0 Å². The van der Waals surface area contributed by atoms with Crippen LogP contribution in [0.4, 0.5) is 0 Å². The van der Waals surface area contributed by atoms with E-state index in [1.165, 1.54) is 45.2 Å². The Bertz CT molecular complexity index is 243. The lowest BCUT2D eigenvalue weighted by atomic mass is 9.66. The summed E-state index contributed by atoms with van der Waals surface area (Å²) in [6.07, 6.45) is 7.54. The third-order valence-corrected chi connectivity index (χ3v) is 5.08. The van der Waals surface area contributed by atoms with Gasteiger partial charge in [0.25, 0.3) is 0 Å². The van der Waals surface area contributed by atoms with E-state index in [1.54, 1.807) is 0 Å². The van der Waals surface area contributed by atoms with Gasteiger partial charge in [-0.05, 0) is 64.5 Å². The van der Waals surface area contributed by atoms with Crippen LogP contribution in [0.3, 0.4) is 0 Å².